The second-order valence-corrected chi connectivity index (χ2v) is 5.80. The molecular weight excluding hydrogens is 327 g/mol. The van der Waals surface area contributed by atoms with E-state index in [2.05, 4.69) is 5.32 Å². The molecule has 1 aromatic rings. The first-order valence-electron chi connectivity index (χ1n) is 8.26. The third-order valence-electron chi connectivity index (χ3n) is 4.15. The molecule has 2 aliphatic rings. The molecule has 2 N–H and O–H groups in total. The third-order valence-corrected chi connectivity index (χ3v) is 4.15. The summed E-state index contributed by atoms with van der Waals surface area (Å²) in [6.45, 7) is 4.28. The van der Waals surface area contributed by atoms with Gasteiger partial charge in [0.05, 0.1) is 37.1 Å². The SMILES string of the molecule is CCOC1=CC=C(C(=O)O)CN1c1ccc([C@H]2CNCCO2)cc1F. The Balaban J connectivity index is 1.87. The summed E-state index contributed by atoms with van der Waals surface area (Å²) >= 11 is 0. The minimum atomic E-state index is -1.03. The van der Waals surface area contributed by atoms with Crippen LogP contribution < -0.4 is 10.2 Å². The fraction of sp³-hybridized carbons (Fsp3) is 0.389. The van der Waals surface area contributed by atoms with Crippen molar-refractivity contribution < 1.29 is 23.8 Å². The molecule has 134 valence electrons. The van der Waals surface area contributed by atoms with E-state index in [0.717, 1.165) is 12.1 Å². The number of ether oxygens (including phenoxy) is 2. The van der Waals surface area contributed by atoms with Crippen molar-refractivity contribution >= 4 is 11.7 Å². The molecule has 0 spiro atoms. The molecule has 6 nitrogen and oxygen atoms in total. The molecule has 1 aromatic carbocycles. The number of nitrogens with zero attached hydrogens (tertiary/aromatic N) is 1. The molecule has 2 aliphatic heterocycles. The fourth-order valence-electron chi connectivity index (χ4n) is 2.90. The monoisotopic (exact) mass is 348 g/mol. The van der Waals surface area contributed by atoms with Crippen LogP contribution in [-0.4, -0.2) is 43.9 Å². The molecule has 2 heterocycles. The van der Waals surface area contributed by atoms with E-state index in [1.54, 1.807) is 18.2 Å². The van der Waals surface area contributed by atoms with Crippen molar-refractivity contribution in [2.45, 2.75) is 13.0 Å². The molecule has 0 saturated carbocycles. The highest BCUT2D eigenvalue weighted by Gasteiger charge is 2.25. The Kier molecular flexibility index (Phi) is 5.35. The molecule has 1 saturated heterocycles. The molecule has 7 heteroatoms. The van der Waals surface area contributed by atoms with Crippen LogP contribution in [0.3, 0.4) is 0 Å². The Morgan fingerprint density at radius 3 is 2.96 bits per heavy atom. The summed E-state index contributed by atoms with van der Waals surface area (Å²) < 4.78 is 25.9. The van der Waals surface area contributed by atoms with Gasteiger partial charge in [0, 0.05) is 13.1 Å². The molecule has 0 amide bonds. The number of halogens is 1. The van der Waals surface area contributed by atoms with E-state index in [9.17, 15) is 14.3 Å². The van der Waals surface area contributed by atoms with Crippen molar-refractivity contribution in [3.8, 4) is 0 Å². The van der Waals surface area contributed by atoms with Crippen molar-refractivity contribution in [2.75, 3.05) is 37.7 Å². The van der Waals surface area contributed by atoms with E-state index in [1.807, 2.05) is 6.92 Å². The zero-order chi connectivity index (χ0) is 17.8. The van der Waals surface area contributed by atoms with E-state index in [0.29, 0.717) is 25.6 Å². The van der Waals surface area contributed by atoms with Gasteiger partial charge in [0.2, 0.25) is 0 Å². The van der Waals surface area contributed by atoms with Gasteiger partial charge in [-0.25, -0.2) is 9.18 Å². The van der Waals surface area contributed by atoms with Crippen LogP contribution in [0.2, 0.25) is 0 Å². The maximum Gasteiger partial charge on any atom is 0.333 e. The molecule has 0 aliphatic carbocycles. The number of nitrogens with one attached hydrogen (secondary N) is 1. The van der Waals surface area contributed by atoms with Crippen LogP contribution in [0.5, 0.6) is 0 Å². The first-order chi connectivity index (χ1) is 12.1. The van der Waals surface area contributed by atoms with Gasteiger partial charge < -0.3 is 24.8 Å². The van der Waals surface area contributed by atoms with Gasteiger partial charge in [-0.1, -0.05) is 6.07 Å². The second kappa shape index (κ2) is 7.67. The topological polar surface area (TPSA) is 71.0 Å². The summed E-state index contributed by atoms with van der Waals surface area (Å²) in [4.78, 5) is 12.8. The van der Waals surface area contributed by atoms with E-state index in [-0.39, 0.29) is 23.9 Å². The van der Waals surface area contributed by atoms with E-state index >= 15 is 0 Å². The Hall–Kier alpha value is -2.38. The average molecular weight is 348 g/mol. The lowest BCUT2D eigenvalue weighted by atomic mass is 10.1. The van der Waals surface area contributed by atoms with Gasteiger partial charge in [-0.05, 0) is 36.8 Å². The average Bonchev–Trinajstić information content (AvgIpc) is 2.63. The summed E-state index contributed by atoms with van der Waals surface area (Å²) in [5.41, 5.74) is 1.20. The summed E-state index contributed by atoms with van der Waals surface area (Å²) in [5, 5.41) is 12.4. The van der Waals surface area contributed by atoms with Gasteiger partial charge in [-0.15, -0.1) is 0 Å². The molecule has 0 aromatic heterocycles. The highest BCUT2D eigenvalue weighted by Crippen LogP contribution is 2.30. The first kappa shape index (κ1) is 17.4. The number of morpholine rings is 1. The molecule has 1 fully saturated rings. The predicted molar refractivity (Wildman–Crippen MR) is 90.7 cm³/mol. The molecule has 0 radical (unpaired) electrons. The van der Waals surface area contributed by atoms with Gasteiger partial charge in [0.15, 0.2) is 5.88 Å². The summed E-state index contributed by atoms with van der Waals surface area (Å²) in [6, 6.07) is 4.88. The first-order valence-corrected chi connectivity index (χ1v) is 8.26. The summed E-state index contributed by atoms with van der Waals surface area (Å²) in [5.74, 6) is -1.05. The van der Waals surface area contributed by atoms with Crippen LogP contribution in [0.25, 0.3) is 0 Å². The Labute approximate surface area is 145 Å². The number of anilines is 1. The molecule has 0 unspecified atom stereocenters. The standard InChI is InChI=1S/C18H21FN2O4/c1-2-24-17-6-4-13(18(22)23)11-21(17)15-5-3-12(9-14(15)19)16-10-20-7-8-25-16/h3-6,9,16,20H,2,7-8,10-11H2,1H3,(H,22,23)/t16-/m1/s1. The summed E-state index contributed by atoms with van der Waals surface area (Å²) in [7, 11) is 0. The van der Waals surface area contributed by atoms with Gasteiger partial charge in [-0.3, -0.25) is 0 Å². The van der Waals surface area contributed by atoms with Crippen LogP contribution >= 0.6 is 0 Å². The Morgan fingerprint density at radius 2 is 2.32 bits per heavy atom. The number of aliphatic carboxylic acids is 1. The van der Waals surface area contributed by atoms with E-state index in [1.165, 1.54) is 17.0 Å². The van der Waals surface area contributed by atoms with Crippen LogP contribution in [0.4, 0.5) is 10.1 Å². The fourth-order valence-corrected chi connectivity index (χ4v) is 2.90. The third kappa shape index (κ3) is 3.83. The van der Waals surface area contributed by atoms with Crippen molar-refractivity contribution in [1.29, 1.82) is 0 Å². The van der Waals surface area contributed by atoms with E-state index < -0.39 is 11.8 Å². The van der Waals surface area contributed by atoms with Crippen LogP contribution in [0.15, 0.2) is 41.8 Å². The highest BCUT2D eigenvalue weighted by atomic mass is 19.1. The van der Waals surface area contributed by atoms with Crippen molar-refractivity contribution in [1.82, 2.24) is 5.32 Å². The number of rotatable bonds is 5. The van der Waals surface area contributed by atoms with Crippen LogP contribution in [-0.2, 0) is 14.3 Å². The van der Waals surface area contributed by atoms with Crippen molar-refractivity contribution in [3.05, 3.63) is 53.2 Å². The lowest BCUT2D eigenvalue weighted by Gasteiger charge is -2.30. The Bertz CT molecular complexity index is 711. The number of hydrogen-bond acceptors (Lipinski definition) is 5. The van der Waals surface area contributed by atoms with Gasteiger partial charge >= 0.3 is 5.97 Å². The molecule has 25 heavy (non-hydrogen) atoms. The minimum Gasteiger partial charge on any atom is -0.479 e. The molecule has 3 rings (SSSR count). The van der Waals surface area contributed by atoms with E-state index in [4.69, 9.17) is 9.47 Å². The highest BCUT2D eigenvalue weighted by molar-refractivity contribution is 5.89. The number of carboxylic acid groups (broad SMARTS) is 1. The normalized spacial score (nSPS) is 20.7. The zero-order valence-electron chi connectivity index (χ0n) is 14.0. The molecule has 0 bridgehead atoms. The van der Waals surface area contributed by atoms with Gasteiger partial charge in [-0.2, -0.15) is 0 Å². The van der Waals surface area contributed by atoms with Gasteiger partial charge in [0.1, 0.15) is 5.82 Å². The molecule has 1 atom stereocenters. The van der Waals surface area contributed by atoms with Gasteiger partial charge in [0.25, 0.3) is 0 Å². The number of hydrogen-bond donors (Lipinski definition) is 2. The predicted octanol–water partition coefficient (Wildman–Crippen LogP) is 2.20. The quantitative estimate of drug-likeness (QED) is 0.850. The lowest BCUT2D eigenvalue weighted by molar-refractivity contribution is -0.132. The number of benzene rings is 1. The minimum absolute atomic E-state index is 0.0406. The van der Waals surface area contributed by atoms with Crippen LogP contribution in [0, 0.1) is 5.82 Å². The number of carboxylic acids is 1. The summed E-state index contributed by atoms with van der Waals surface area (Å²) in [6.07, 6.45) is 2.85. The van der Waals surface area contributed by atoms with Crippen LogP contribution in [0.1, 0.15) is 18.6 Å². The van der Waals surface area contributed by atoms with Crippen molar-refractivity contribution in [2.24, 2.45) is 0 Å². The molecular formula is C18H21FN2O4. The second-order valence-electron chi connectivity index (χ2n) is 5.80. The smallest absolute Gasteiger partial charge is 0.333 e. The maximum atomic E-state index is 14.8. The van der Waals surface area contributed by atoms with Crippen molar-refractivity contribution in [3.63, 3.8) is 0 Å². The lowest BCUT2D eigenvalue weighted by Crippen LogP contribution is -2.34. The number of carbonyl (C=O) groups is 1. The number of allylic oxidation sites excluding steroid dienone is 2. The Morgan fingerprint density at radius 1 is 1.48 bits per heavy atom. The largest absolute Gasteiger partial charge is 0.479 e. The zero-order valence-corrected chi connectivity index (χ0v) is 14.0. The maximum absolute atomic E-state index is 14.8.